The van der Waals surface area contributed by atoms with E-state index in [9.17, 15) is 8.78 Å². The summed E-state index contributed by atoms with van der Waals surface area (Å²) in [6.45, 7) is 0.529. The molecular weight excluding hydrogens is 244 g/mol. The Bertz CT molecular complexity index is 459. The van der Waals surface area contributed by atoms with Gasteiger partial charge < -0.3 is 5.32 Å². The minimum atomic E-state index is -2.41. The van der Waals surface area contributed by atoms with Crippen molar-refractivity contribution in [1.29, 1.82) is 0 Å². The van der Waals surface area contributed by atoms with Crippen molar-refractivity contribution in [1.82, 2.24) is 10.2 Å². The number of alkyl halides is 2. The van der Waals surface area contributed by atoms with Gasteiger partial charge in [-0.15, -0.1) is 0 Å². The van der Waals surface area contributed by atoms with Crippen LogP contribution in [0.1, 0.15) is 5.69 Å². The molecule has 0 saturated carbocycles. The Kier molecular flexibility index (Phi) is 3.98. The molecule has 2 aromatic rings. The highest BCUT2D eigenvalue weighted by molar-refractivity contribution is 7.99. The summed E-state index contributed by atoms with van der Waals surface area (Å²) in [5, 5.41) is 9.71. The van der Waals surface area contributed by atoms with Gasteiger partial charge >= 0.3 is 0 Å². The molecule has 1 aromatic carbocycles. The Morgan fingerprint density at radius 3 is 2.82 bits per heavy atom. The summed E-state index contributed by atoms with van der Waals surface area (Å²) in [5.74, 6) is -2.41. The molecule has 0 aliphatic rings. The van der Waals surface area contributed by atoms with Crippen LogP contribution in [0.2, 0.25) is 0 Å². The maximum Gasteiger partial charge on any atom is 0.288 e. The van der Waals surface area contributed by atoms with Crippen molar-refractivity contribution >= 4 is 17.4 Å². The summed E-state index contributed by atoms with van der Waals surface area (Å²) in [6.07, 6.45) is 1.65. The smallest absolute Gasteiger partial charge is 0.288 e. The highest BCUT2D eigenvalue weighted by Gasteiger charge is 2.09. The van der Waals surface area contributed by atoms with Gasteiger partial charge in [0, 0.05) is 16.8 Å². The van der Waals surface area contributed by atoms with E-state index in [1.807, 2.05) is 12.1 Å². The molecule has 0 radical (unpaired) electrons. The summed E-state index contributed by atoms with van der Waals surface area (Å²) in [6, 6.07) is 8.83. The van der Waals surface area contributed by atoms with Gasteiger partial charge in [0.25, 0.3) is 5.76 Å². The molecule has 0 unspecified atom stereocenters. The van der Waals surface area contributed by atoms with Crippen LogP contribution in [-0.4, -0.2) is 16.0 Å². The molecule has 2 N–H and O–H groups in total. The molecule has 6 heteroatoms. The molecule has 0 spiro atoms. The van der Waals surface area contributed by atoms with Crippen LogP contribution >= 0.6 is 11.8 Å². The fourth-order valence-electron chi connectivity index (χ4n) is 1.39. The van der Waals surface area contributed by atoms with E-state index in [2.05, 4.69) is 15.5 Å². The summed E-state index contributed by atoms with van der Waals surface area (Å²) >= 11 is 0.541. The molecule has 1 heterocycles. The van der Waals surface area contributed by atoms with Crippen LogP contribution in [0.15, 0.2) is 41.4 Å². The number of hydrogen-bond acceptors (Lipinski definition) is 3. The number of benzene rings is 1. The third-order valence-electron chi connectivity index (χ3n) is 2.13. The van der Waals surface area contributed by atoms with E-state index in [0.717, 1.165) is 5.69 Å². The normalized spacial score (nSPS) is 10.8. The molecule has 0 aliphatic carbocycles. The fraction of sp³-hybridized carbons (Fsp3) is 0.182. The van der Waals surface area contributed by atoms with Crippen LogP contribution in [-0.2, 0) is 6.54 Å². The zero-order valence-electron chi connectivity index (χ0n) is 8.86. The monoisotopic (exact) mass is 255 g/mol. The van der Waals surface area contributed by atoms with Gasteiger partial charge in [-0.05, 0) is 18.2 Å². The molecule has 0 atom stereocenters. The molecule has 0 amide bonds. The van der Waals surface area contributed by atoms with Crippen molar-refractivity contribution in [3.63, 3.8) is 0 Å². The molecule has 3 nitrogen and oxygen atoms in total. The summed E-state index contributed by atoms with van der Waals surface area (Å²) < 4.78 is 24.7. The minimum Gasteiger partial charge on any atom is -0.379 e. The zero-order valence-corrected chi connectivity index (χ0v) is 9.68. The molecule has 90 valence electrons. The Balaban J connectivity index is 2.04. The standard InChI is InChI=1S/C11H11F2N3S/c12-11(13)17-10-4-2-1-3-9(10)14-7-8-5-6-15-16-8/h1-6,11,14H,7H2,(H,15,16). The van der Waals surface area contributed by atoms with Gasteiger partial charge in [-0.2, -0.15) is 13.9 Å². The van der Waals surface area contributed by atoms with Crippen molar-refractivity contribution in [2.24, 2.45) is 0 Å². The fourth-order valence-corrected chi connectivity index (χ4v) is 2.00. The maximum absolute atomic E-state index is 12.3. The van der Waals surface area contributed by atoms with Gasteiger partial charge in [0.2, 0.25) is 0 Å². The lowest BCUT2D eigenvalue weighted by Gasteiger charge is -2.10. The van der Waals surface area contributed by atoms with Gasteiger partial charge in [0.15, 0.2) is 0 Å². The first-order chi connectivity index (χ1) is 8.25. The quantitative estimate of drug-likeness (QED) is 0.805. The first-order valence-corrected chi connectivity index (χ1v) is 5.89. The number of halogens is 2. The number of thioether (sulfide) groups is 1. The van der Waals surface area contributed by atoms with Gasteiger partial charge in [-0.1, -0.05) is 23.9 Å². The van der Waals surface area contributed by atoms with Gasteiger partial charge in [-0.25, -0.2) is 0 Å². The van der Waals surface area contributed by atoms with E-state index in [4.69, 9.17) is 0 Å². The second kappa shape index (κ2) is 5.67. The number of H-pyrrole nitrogens is 1. The number of anilines is 1. The van der Waals surface area contributed by atoms with Crippen LogP contribution in [0.25, 0.3) is 0 Å². The van der Waals surface area contributed by atoms with Crippen LogP contribution < -0.4 is 5.32 Å². The Labute approximate surface area is 102 Å². The predicted molar refractivity (Wildman–Crippen MR) is 64.2 cm³/mol. The van der Waals surface area contributed by atoms with E-state index in [1.165, 1.54) is 0 Å². The zero-order chi connectivity index (χ0) is 12.1. The largest absolute Gasteiger partial charge is 0.379 e. The number of aromatic amines is 1. The summed E-state index contributed by atoms with van der Waals surface area (Å²) in [7, 11) is 0. The molecule has 0 aliphatic heterocycles. The van der Waals surface area contributed by atoms with Gasteiger partial charge in [-0.3, -0.25) is 5.10 Å². The van der Waals surface area contributed by atoms with Crippen LogP contribution in [0, 0.1) is 0 Å². The first kappa shape index (κ1) is 11.9. The second-order valence-electron chi connectivity index (χ2n) is 3.31. The van der Waals surface area contributed by atoms with Crippen molar-refractivity contribution in [3.05, 3.63) is 42.2 Å². The Morgan fingerprint density at radius 2 is 2.12 bits per heavy atom. The topological polar surface area (TPSA) is 40.7 Å². The lowest BCUT2D eigenvalue weighted by Crippen LogP contribution is -2.01. The van der Waals surface area contributed by atoms with Gasteiger partial charge in [0.05, 0.1) is 12.2 Å². The Hall–Kier alpha value is -1.56. The van der Waals surface area contributed by atoms with Crippen LogP contribution in [0.3, 0.4) is 0 Å². The molecule has 0 bridgehead atoms. The molecule has 0 saturated heterocycles. The summed E-state index contributed by atoms with van der Waals surface area (Å²) in [5.41, 5.74) is 1.61. The maximum atomic E-state index is 12.3. The number of hydrogen-bond donors (Lipinski definition) is 2. The lowest BCUT2D eigenvalue weighted by atomic mass is 10.3. The number of nitrogens with one attached hydrogen (secondary N) is 2. The highest BCUT2D eigenvalue weighted by Crippen LogP contribution is 2.31. The van der Waals surface area contributed by atoms with Crippen molar-refractivity contribution < 1.29 is 8.78 Å². The predicted octanol–water partition coefficient (Wildman–Crippen LogP) is 3.34. The average molecular weight is 255 g/mol. The third-order valence-corrected chi connectivity index (χ3v) is 2.92. The Morgan fingerprint density at radius 1 is 1.29 bits per heavy atom. The van der Waals surface area contributed by atoms with E-state index >= 15 is 0 Å². The molecule has 17 heavy (non-hydrogen) atoms. The third kappa shape index (κ3) is 3.45. The molecular formula is C11H11F2N3S. The van der Waals surface area contributed by atoms with Gasteiger partial charge in [0.1, 0.15) is 0 Å². The first-order valence-electron chi connectivity index (χ1n) is 5.01. The summed E-state index contributed by atoms with van der Waals surface area (Å²) in [4.78, 5) is 0.544. The minimum absolute atomic E-state index is 0.529. The number of rotatable bonds is 5. The molecule has 1 aromatic heterocycles. The van der Waals surface area contributed by atoms with E-state index < -0.39 is 5.76 Å². The van der Waals surface area contributed by atoms with E-state index in [1.54, 1.807) is 24.4 Å². The van der Waals surface area contributed by atoms with Crippen molar-refractivity contribution in [3.8, 4) is 0 Å². The lowest BCUT2D eigenvalue weighted by molar-refractivity contribution is 0.252. The van der Waals surface area contributed by atoms with Crippen molar-refractivity contribution in [2.75, 3.05) is 5.32 Å². The van der Waals surface area contributed by atoms with E-state index in [-0.39, 0.29) is 0 Å². The SMILES string of the molecule is FC(F)Sc1ccccc1NCc1ccn[nH]1. The number of nitrogens with zero attached hydrogens (tertiary/aromatic N) is 1. The highest BCUT2D eigenvalue weighted by atomic mass is 32.2. The van der Waals surface area contributed by atoms with E-state index in [0.29, 0.717) is 28.9 Å². The number of aromatic nitrogens is 2. The van der Waals surface area contributed by atoms with Crippen LogP contribution in [0.5, 0.6) is 0 Å². The second-order valence-corrected chi connectivity index (χ2v) is 4.34. The van der Waals surface area contributed by atoms with Crippen LogP contribution in [0.4, 0.5) is 14.5 Å². The average Bonchev–Trinajstić information content (AvgIpc) is 2.80. The number of para-hydroxylation sites is 1. The molecule has 0 fully saturated rings. The molecule has 2 rings (SSSR count). The van der Waals surface area contributed by atoms with Crippen molar-refractivity contribution in [2.45, 2.75) is 17.2 Å².